The van der Waals surface area contributed by atoms with Gasteiger partial charge in [0.05, 0.1) is 0 Å². The zero-order valence-corrected chi connectivity index (χ0v) is 18.4. The highest BCUT2D eigenvalue weighted by Gasteiger charge is 2.18. The molecule has 11 nitrogen and oxygen atoms in total. The van der Waals surface area contributed by atoms with E-state index < -0.39 is 5.56 Å². The standard InChI is InChI=1S/C20H24ClN7O4/c1-2-3-10-27-16-15(24-19(21)25-16)18(30)28(20(27)31)11-5-4-8-13-23-17(32-26-13)12-7-6-9-14(29)22-12/h7H,2-6,8-11H2,1H3,(H,22,29)(H,24,25). The van der Waals surface area contributed by atoms with Crippen LogP contribution < -0.4 is 16.6 Å². The third-order valence-corrected chi connectivity index (χ3v) is 5.47. The second kappa shape index (κ2) is 9.51. The Morgan fingerprint density at radius 1 is 1.12 bits per heavy atom. The van der Waals surface area contributed by atoms with Gasteiger partial charge in [-0.3, -0.25) is 18.7 Å². The summed E-state index contributed by atoms with van der Waals surface area (Å²) in [7, 11) is 0. The molecule has 3 aromatic rings. The molecule has 0 bridgehead atoms. The maximum Gasteiger partial charge on any atom is 0.332 e. The van der Waals surface area contributed by atoms with E-state index >= 15 is 0 Å². The summed E-state index contributed by atoms with van der Waals surface area (Å²) in [6.07, 6.45) is 6.35. The van der Waals surface area contributed by atoms with Crippen molar-refractivity contribution in [3.05, 3.63) is 43.9 Å². The molecule has 32 heavy (non-hydrogen) atoms. The highest BCUT2D eigenvalue weighted by atomic mass is 35.5. The van der Waals surface area contributed by atoms with Crippen molar-refractivity contribution < 1.29 is 9.32 Å². The number of hydrogen-bond donors (Lipinski definition) is 2. The van der Waals surface area contributed by atoms with Crippen molar-refractivity contribution in [3.63, 3.8) is 0 Å². The van der Waals surface area contributed by atoms with Gasteiger partial charge in [0.2, 0.25) is 11.2 Å². The first-order valence-electron chi connectivity index (χ1n) is 10.7. The van der Waals surface area contributed by atoms with E-state index in [0.717, 1.165) is 12.8 Å². The second-order valence-corrected chi connectivity index (χ2v) is 8.01. The summed E-state index contributed by atoms with van der Waals surface area (Å²) in [6, 6.07) is 0. The number of halogens is 1. The first kappa shape index (κ1) is 22.0. The molecule has 1 aliphatic rings. The molecule has 1 amide bonds. The maximum absolute atomic E-state index is 12.9. The molecule has 0 radical (unpaired) electrons. The van der Waals surface area contributed by atoms with E-state index in [1.807, 2.05) is 13.0 Å². The molecule has 0 unspecified atom stereocenters. The number of carbonyl (C=O) groups is 1. The normalized spacial score (nSPS) is 14.1. The highest BCUT2D eigenvalue weighted by Crippen LogP contribution is 2.16. The van der Waals surface area contributed by atoms with Gasteiger partial charge in [0.1, 0.15) is 5.70 Å². The lowest BCUT2D eigenvalue weighted by Gasteiger charge is -2.10. The van der Waals surface area contributed by atoms with E-state index in [0.29, 0.717) is 50.2 Å². The lowest BCUT2D eigenvalue weighted by molar-refractivity contribution is -0.120. The van der Waals surface area contributed by atoms with Gasteiger partial charge in [-0.2, -0.15) is 9.97 Å². The Morgan fingerprint density at radius 3 is 2.72 bits per heavy atom. The van der Waals surface area contributed by atoms with Gasteiger partial charge in [0.15, 0.2) is 17.0 Å². The van der Waals surface area contributed by atoms with Crippen LogP contribution in [0.15, 0.2) is 20.2 Å². The lowest BCUT2D eigenvalue weighted by atomic mass is 10.2. The summed E-state index contributed by atoms with van der Waals surface area (Å²) in [5.74, 6) is 0.710. The van der Waals surface area contributed by atoms with Crippen LogP contribution in [-0.4, -0.2) is 35.1 Å². The predicted octanol–water partition coefficient (Wildman–Crippen LogP) is 2.00. The summed E-state index contributed by atoms with van der Waals surface area (Å²) >= 11 is 5.95. The number of unbranched alkanes of at least 4 members (excludes halogenated alkanes) is 2. The summed E-state index contributed by atoms with van der Waals surface area (Å²) in [5, 5.41) is 6.74. The molecule has 0 spiro atoms. The third-order valence-electron chi connectivity index (χ3n) is 5.29. The molecule has 0 aromatic carbocycles. The number of aromatic amines is 1. The second-order valence-electron chi connectivity index (χ2n) is 7.65. The minimum Gasteiger partial charge on any atom is -0.332 e. The average Bonchev–Trinajstić information content (AvgIpc) is 3.40. The van der Waals surface area contributed by atoms with Crippen LogP contribution in [0.1, 0.15) is 57.2 Å². The number of imidazole rings is 1. The van der Waals surface area contributed by atoms with E-state index in [4.69, 9.17) is 16.1 Å². The quantitative estimate of drug-likeness (QED) is 0.366. The smallest absolute Gasteiger partial charge is 0.332 e. The molecule has 1 aliphatic heterocycles. The minimum absolute atomic E-state index is 0.0761. The Bertz CT molecular complexity index is 1280. The molecule has 2 N–H and O–H groups in total. The summed E-state index contributed by atoms with van der Waals surface area (Å²) in [4.78, 5) is 48.4. The Balaban J connectivity index is 1.44. The van der Waals surface area contributed by atoms with Crippen LogP contribution in [0, 0.1) is 0 Å². The molecule has 170 valence electrons. The van der Waals surface area contributed by atoms with E-state index in [-0.39, 0.29) is 40.5 Å². The van der Waals surface area contributed by atoms with Gasteiger partial charge in [-0.05, 0) is 37.3 Å². The summed E-state index contributed by atoms with van der Waals surface area (Å²) in [5.41, 5.74) is 0.236. The van der Waals surface area contributed by atoms with Crippen LogP contribution in [0.4, 0.5) is 0 Å². The van der Waals surface area contributed by atoms with E-state index in [2.05, 4.69) is 25.4 Å². The van der Waals surface area contributed by atoms with Crippen molar-refractivity contribution in [1.29, 1.82) is 0 Å². The zero-order valence-electron chi connectivity index (χ0n) is 17.7. The van der Waals surface area contributed by atoms with Crippen molar-refractivity contribution in [2.75, 3.05) is 0 Å². The molecule has 0 atom stereocenters. The SMILES string of the molecule is CCCCn1c(=O)n(CCCCc2noc(C3=CCCC(=O)N3)n2)c(=O)c2[nH]c(Cl)nc21. The van der Waals surface area contributed by atoms with Crippen LogP contribution in [0.5, 0.6) is 0 Å². The number of allylic oxidation sites excluding steroid dienone is 1. The Labute approximate surface area is 187 Å². The number of amides is 1. The van der Waals surface area contributed by atoms with Crippen LogP contribution >= 0.6 is 11.6 Å². The highest BCUT2D eigenvalue weighted by molar-refractivity contribution is 6.28. The fourth-order valence-corrected chi connectivity index (χ4v) is 3.80. The minimum atomic E-state index is -0.432. The van der Waals surface area contributed by atoms with Gasteiger partial charge in [-0.15, -0.1) is 0 Å². The van der Waals surface area contributed by atoms with Gasteiger partial charge in [0.25, 0.3) is 11.4 Å². The Hall–Kier alpha value is -3.21. The molecule has 0 aliphatic carbocycles. The molecule has 3 aromatic heterocycles. The van der Waals surface area contributed by atoms with Gasteiger partial charge in [0, 0.05) is 25.9 Å². The first-order valence-corrected chi connectivity index (χ1v) is 11.1. The van der Waals surface area contributed by atoms with Crippen molar-refractivity contribution in [2.24, 2.45) is 0 Å². The van der Waals surface area contributed by atoms with Gasteiger partial charge < -0.3 is 14.8 Å². The number of H-pyrrole nitrogens is 1. The largest absolute Gasteiger partial charge is 0.332 e. The molecule has 0 saturated carbocycles. The number of carbonyl (C=O) groups excluding carboxylic acids is 1. The zero-order chi connectivity index (χ0) is 22.7. The summed E-state index contributed by atoms with van der Waals surface area (Å²) < 4.78 is 7.95. The fraction of sp³-hybridized carbons (Fsp3) is 0.500. The van der Waals surface area contributed by atoms with Crippen LogP contribution in [0.3, 0.4) is 0 Å². The predicted molar refractivity (Wildman–Crippen MR) is 117 cm³/mol. The first-order chi connectivity index (χ1) is 15.5. The number of hydrogen-bond acceptors (Lipinski definition) is 7. The number of aryl methyl sites for hydroxylation is 2. The Morgan fingerprint density at radius 2 is 1.94 bits per heavy atom. The van der Waals surface area contributed by atoms with E-state index in [1.165, 1.54) is 9.13 Å². The van der Waals surface area contributed by atoms with Gasteiger partial charge >= 0.3 is 5.69 Å². The number of fused-ring (bicyclic) bond motifs is 1. The number of nitrogens with one attached hydrogen (secondary N) is 2. The lowest BCUT2D eigenvalue weighted by Crippen LogP contribution is -2.40. The number of aromatic nitrogens is 6. The molecule has 4 heterocycles. The van der Waals surface area contributed by atoms with Gasteiger partial charge in [-0.25, -0.2) is 4.79 Å². The van der Waals surface area contributed by atoms with Crippen LogP contribution in [0.2, 0.25) is 5.28 Å². The Kier molecular flexibility index (Phi) is 6.54. The summed E-state index contributed by atoms with van der Waals surface area (Å²) in [6.45, 7) is 2.74. The van der Waals surface area contributed by atoms with Crippen molar-refractivity contribution in [2.45, 2.75) is 65.0 Å². The van der Waals surface area contributed by atoms with E-state index in [1.54, 1.807) is 0 Å². The average molecular weight is 462 g/mol. The maximum atomic E-state index is 12.9. The molecule has 12 heteroatoms. The number of nitrogens with zero attached hydrogens (tertiary/aromatic N) is 5. The molecule has 4 rings (SSSR count). The third kappa shape index (κ3) is 4.52. The molecule has 0 saturated heterocycles. The topological polar surface area (TPSA) is 141 Å². The van der Waals surface area contributed by atoms with Crippen molar-refractivity contribution >= 4 is 34.4 Å². The molecule has 0 fully saturated rings. The van der Waals surface area contributed by atoms with Crippen LogP contribution in [0.25, 0.3) is 16.9 Å². The monoisotopic (exact) mass is 461 g/mol. The number of rotatable bonds is 9. The molecular weight excluding hydrogens is 438 g/mol. The van der Waals surface area contributed by atoms with E-state index in [9.17, 15) is 14.4 Å². The van der Waals surface area contributed by atoms with Crippen molar-refractivity contribution in [3.8, 4) is 0 Å². The van der Waals surface area contributed by atoms with Gasteiger partial charge in [-0.1, -0.05) is 24.6 Å². The van der Waals surface area contributed by atoms with Crippen LogP contribution in [-0.2, 0) is 24.3 Å². The fourth-order valence-electron chi connectivity index (χ4n) is 3.62. The molecular formula is C20H24ClN7O4. The van der Waals surface area contributed by atoms with Crippen molar-refractivity contribution in [1.82, 2.24) is 34.6 Å².